The summed E-state index contributed by atoms with van der Waals surface area (Å²) in [5.41, 5.74) is 1.99. The van der Waals surface area contributed by atoms with Crippen molar-refractivity contribution in [3.05, 3.63) is 38.7 Å². The van der Waals surface area contributed by atoms with Gasteiger partial charge < -0.3 is 9.88 Å². The van der Waals surface area contributed by atoms with E-state index in [1.165, 1.54) is 0 Å². The first-order valence-electron chi connectivity index (χ1n) is 5.02. The topological polar surface area (TPSA) is 34.0 Å². The van der Waals surface area contributed by atoms with E-state index in [2.05, 4.69) is 21.2 Å². The van der Waals surface area contributed by atoms with Crippen molar-refractivity contribution in [1.82, 2.24) is 4.57 Å². The second-order valence-corrected chi connectivity index (χ2v) is 4.67. The highest BCUT2D eigenvalue weighted by Crippen LogP contribution is 2.26. The van der Waals surface area contributed by atoms with E-state index in [0.717, 1.165) is 26.6 Å². The van der Waals surface area contributed by atoms with Crippen LogP contribution in [0.15, 0.2) is 27.5 Å². The highest BCUT2D eigenvalue weighted by Gasteiger charge is 2.07. The molecule has 84 valence electrons. The molecule has 4 heteroatoms. The lowest BCUT2D eigenvalue weighted by molar-refractivity contribution is 0.830. The first-order valence-corrected chi connectivity index (χ1v) is 5.81. The number of rotatable bonds is 1. The number of hydrogen-bond acceptors (Lipinski definition) is 2. The fourth-order valence-electron chi connectivity index (χ4n) is 1.75. The normalized spacial score (nSPS) is 10.8. The maximum absolute atomic E-state index is 12.0. The molecule has 0 radical (unpaired) electrons. The molecule has 0 unspecified atom stereocenters. The summed E-state index contributed by atoms with van der Waals surface area (Å²) in [6.45, 7) is 1.93. The van der Waals surface area contributed by atoms with Crippen molar-refractivity contribution >= 4 is 32.4 Å². The summed E-state index contributed by atoms with van der Waals surface area (Å²) in [5, 5.41) is 4.79. The standard InChI is InChI=1S/C12H13BrN2O/c1-7-4-8-5-11(14-2)10(13)6-9(8)12(16)15(7)3/h4-6,14H,1-3H3. The van der Waals surface area contributed by atoms with Crippen LogP contribution in [0.5, 0.6) is 0 Å². The van der Waals surface area contributed by atoms with Gasteiger partial charge in [-0.05, 0) is 46.4 Å². The number of anilines is 1. The van der Waals surface area contributed by atoms with Crippen LogP contribution in [0, 0.1) is 6.92 Å². The Balaban J connectivity index is 2.92. The SMILES string of the molecule is CNc1cc2cc(C)n(C)c(=O)c2cc1Br. The molecule has 0 amide bonds. The van der Waals surface area contributed by atoms with E-state index in [-0.39, 0.29) is 5.56 Å². The fourth-order valence-corrected chi connectivity index (χ4v) is 2.29. The predicted octanol–water partition coefficient (Wildman–Crippen LogP) is 2.65. The number of nitrogens with one attached hydrogen (secondary N) is 1. The van der Waals surface area contributed by atoms with Gasteiger partial charge in [-0.25, -0.2) is 0 Å². The van der Waals surface area contributed by atoms with Crippen molar-refractivity contribution in [3.63, 3.8) is 0 Å². The highest BCUT2D eigenvalue weighted by atomic mass is 79.9. The Morgan fingerprint density at radius 3 is 2.62 bits per heavy atom. The van der Waals surface area contributed by atoms with Gasteiger partial charge in [0.1, 0.15) is 0 Å². The number of aryl methyl sites for hydroxylation is 1. The monoisotopic (exact) mass is 280 g/mol. The summed E-state index contributed by atoms with van der Waals surface area (Å²) in [5.74, 6) is 0. The summed E-state index contributed by atoms with van der Waals surface area (Å²) >= 11 is 3.44. The van der Waals surface area contributed by atoms with Gasteiger partial charge in [0.2, 0.25) is 0 Å². The number of benzene rings is 1. The minimum Gasteiger partial charge on any atom is -0.387 e. The first-order chi connectivity index (χ1) is 7.54. The number of hydrogen-bond donors (Lipinski definition) is 1. The van der Waals surface area contributed by atoms with Gasteiger partial charge in [-0.3, -0.25) is 4.79 Å². The molecule has 1 N–H and O–H groups in total. The van der Waals surface area contributed by atoms with E-state index in [1.54, 1.807) is 11.6 Å². The number of nitrogens with zero attached hydrogens (tertiary/aromatic N) is 1. The Hall–Kier alpha value is -1.29. The third-order valence-corrected chi connectivity index (χ3v) is 3.49. The maximum Gasteiger partial charge on any atom is 0.258 e. The van der Waals surface area contributed by atoms with E-state index in [9.17, 15) is 4.79 Å². The highest BCUT2D eigenvalue weighted by molar-refractivity contribution is 9.10. The van der Waals surface area contributed by atoms with Crippen LogP contribution in [0.1, 0.15) is 5.69 Å². The lowest BCUT2D eigenvalue weighted by Crippen LogP contribution is -2.18. The van der Waals surface area contributed by atoms with Gasteiger partial charge in [0, 0.05) is 35.3 Å². The van der Waals surface area contributed by atoms with Crippen LogP contribution < -0.4 is 10.9 Å². The van der Waals surface area contributed by atoms with Crippen LogP contribution in [0.2, 0.25) is 0 Å². The van der Waals surface area contributed by atoms with Gasteiger partial charge in [-0.15, -0.1) is 0 Å². The van der Waals surface area contributed by atoms with E-state index in [4.69, 9.17) is 0 Å². The Morgan fingerprint density at radius 2 is 2.00 bits per heavy atom. The summed E-state index contributed by atoms with van der Waals surface area (Å²) in [7, 11) is 3.65. The smallest absolute Gasteiger partial charge is 0.258 e. The van der Waals surface area contributed by atoms with Crippen LogP contribution in [0.4, 0.5) is 5.69 Å². The summed E-state index contributed by atoms with van der Waals surface area (Å²) in [6.07, 6.45) is 0. The predicted molar refractivity (Wildman–Crippen MR) is 71.2 cm³/mol. The largest absolute Gasteiger partial charge is 0.387 e. The Labute approximate surface area is 102 Å². The third-order valence-electron chi connectivity index (χ3n) is 2.84. The first kappa shape index (κ1) is 11.2. The Bertz CT molecular complexity index is 616. The molecule has 2 rings (SSSR count). The quantitative estimate of drug-likeness (QED) is 0.872. The average molecular weight is 281 g/mol. The average Bonchev–Trinajstić information content (AvgIpc) is 2.27. The molecule has 1 heterocycles. The summed E-state index contributed by atoms with van der Waals surface area (Å²) in [4.78, 5) is 12.0. The van der Waals surface area contributed by atoms with Crippen molar-refractivity contribution < 1.29 is 0 Å². The molecule has 0 aliphatic heterocycles. The Morgan fingerprint density at radius 1 is 1.31 bits per heavy atom. The van der Waals surface area contributed by atoms with Crippen LogP contribution >= 0.6 is 15.9 Å². The lowest BCUT2D eigenvalue weighted by Gasteiger charge is -2.09. The Kier molecular flexibility index (Phi) is 2.76. The number of fused-ring (bicyclic) bond motifs is 1. The molecule has 3 nitrogen and oxygen atoms in total. The van der Waals surface area contributed by atoms with E-state index in [0.29, 0.717) is 0 Å². The van der Waals surface area contributed by atoms with Crippen LogP contribution in [0.25, 0.3) is 10.8 Å². The molecule has 1 aromatic heterocycles. The lowest BCUT2D eigenvalue weighted by atomic mass is 10.1. The van der Waals surface area contributed by atoms with Gasteiger partial charge in [0.25, 0.3) is 5.56 Å². The zero-order chi connectivity index (χ0) is 11.9. The zero-order valence-electron chi connectivity index (χ0n) is 9.47. The van der Waals surface area contributed by atoms with Crippen LogP contribution in [-0.4, -0.2) is 11.6 Å². The van der Waals surface area contributed by atoms with Crippen LogP contribution in [0.3, 0.4) is 0 Å². The van der Waals surface area contributed by atoms with Crippen molar-refractivity contribution in [1.29, 1.82) is 0 Å². The molecule has 0 aliphatic carbocycles. The molecule has 0 bridgehead atoms. The van der Waals surface area contributed by atoms with Crippen molar-refractivity contribution in [2.45, 2.75) is 6.92 Å². The van der Waals surface area contributed by atoms with Gasteiger partial charge in [-0.2, -0.15) is 0 Å². The molecular weight excluding hydrogens is 268 g/mol. The second-order valence-electron chi connectivity index (χ2n) is 3.82. The second kappa shape index (κ2) is 3.94. The molecule has 0 spiro atoms. The number of halogens is 1. The molecule has 0 fully saturated rings. The van der Waals surface area contributed by atoms with Gasteiger partial charge in [0.05, 0.1) is 0 Å². The summed E-state index contributed by atoms with van der Waals surface area (Å²) < 4.78 is 2.57. The van der Waals surface area contributed by atoms with E-state index in [1.807, 2.05) is 32.2 Å². The molecule has 0 saturated carbocycles. The van der Waals surface area contributed by atoms with Crippen LogP contribution in [-0.2, 0) is 7.05 Å². The summed E-state index contributed by atoms with van der Waals surface area (Å²) in [6, 6.07) is 5.86. The molecule has 16 heavy (non-hydrogen) atoms. The minimum absolute atomic E-state index is 0.0401. The molecule has 0 atom stereocenters. The molecule has 2 aromatic rings. The fraction of sp³-hybridized carbons (Fsp3) is 0.250. The van der Waals surface area contributed by atoms with E-state index >= 15 is 0 Å². The molecular formula is C12H13BrN2O. The van der Waals surface area contributed by atoms with Gasteiger partial charge in [0.15, 0.2) is 0 Å². The third kappa shape index (κ3) is 1.63. The van der Waals surface area contributed by atoms with Crippen molar-refractivity contribution in [2.24, 2.45) is 7.05 Å². The van der Waals surface area contributed by atoms with Crippen molar-refractivity contribution in [2.75, 3.05) is 12.4 Å². The minimum atomic E-state index is 0.0401. The zero-order valence-corrected chi connectivity index (χ0v) is 11.1. The molecule has 0 aliphatic rings. The van der Waals surface area contributed by atoms with Crippen molar-refractivity contribution in [3.8, 4) is 0 Å². The number of aromatic nitrogens is 1. The van der Waals surface area contributed by atoms with E-state index < -0.39 is 0 Å². The molecule has 1 aromatic carbocycles. The van der Waals surface area contributed by atoms with Gasteiger partial charge >= 0.3 is 0 Å². The van der Waals surface area contributed by atoms with Gasteiger partial charge in [-0.1, -0.05) is 0 Å². The number of pyridine rings is 1. The molecule has 0 saturated heterocycles. The maximum atomic E-state index is 12.0.